The smallest absolute Gasteiger partial charge is 0.337 e. The maximum atomic E-state index is 11.1. The first-order valence-corrected chi connectivity index (χ1v) is 9.99. The van der Waals surface area contributed by atoms with Crippen molar-refractivity contribution in [1.82, 2.24) is 0 Å². The van der Waals surface area contributed by atoms with Crippen LogP contribution in [-0.4, -0.2) is 37.7 Å². The van der Waals surface area contributed by atoms with E-state index in [4.69, 9.17) is 0 Å². The summed E-state index contributed by atoms with van der Waals surface area (Å²) in [6.07, 6.45) is 13.2. The van der Waals surface area contributed by atoms with E-state index >= 15 is 0 Å². The molecule has 0 rings (SSSR count). The van der Waals surface area contributed by atoms with E-state index in [1.807, 2.05) is 0 Å². The summed E-state index contributed by atoms with van der Waals surface area (Å²) in [5.41, 5.74) is 0. The molecule has 0 heterocycles. The topological polar surface area (TPSA) is 26.3 Å². The van der Waals surface area contributed by atoms with Crippen molar-refractivity contribution in [1.29, 1.82) is 0 Å². The van der Waals surface area contributed by atoms with Gasteiger partial charge in [0.2, 0.25) is 0 Å². The number of hydrogen-bond donors (Lipinski definition) is 0. The van der Waals surface area contributed by atoms with Crippen molar-refractivity contribution < 1.29 is 13.9 Å². The molecule has 20 heavy (non-hydrogen) atoms. The van der Waals surface area contributed by atoms with Crippen molar-refractivity contribution in [3.63, 3.8) is 0 Å². The van der Waals surface area contributed by atoms with Gasteiger partial charge >= 0.3 is 5.97 Å². The Bertz CT molecular complexity index is 182. The predicted octanol–water partition coefficient (Wildman–Crippen LogP) is 5.39. The predicted molar refractivity (Wildman–Crippen MR) is 88.9 cm³/mol. The molecule has 0 aliphatic heterocycles. The monoisotopic (exact) mass is 308 g/mol. The molecule has 0 saturated carbocycles. The summed E-state index contributed by atoms with van der Waals surface area (Å²) in [6, 6.07) is 0. The molecule has 0 fully saturated rings. The lowest BCUT2D eigenvalue weighted by molar-refractivity contribution is -0.144. The minimum Gasteiger partial charge on any atom is -0.464 e. The van der Waals surface area contributed by atoms with Gasteiger partial charge in [-0.2, -0.15) is 0 Å². The van der Waals surface area contributed by atoms with Crippen LogP contribution >= 0.6 is 7.92 Å². The SMILES string of the molecule is CCCCP(CCCC)CCCC.CCOC(=O)CF. The minimum atomic E-state index is -1.02. The highest BCUT2D eigenvalue weighted by atomic mass is 31.1. The average molecular weight is 308 g/mol. The second-order valence-corrected chi connectivity index (χ2v) is 7.52. The number of unbranched alkanes of at least 4 members (excludes halogenated alkanes) is 3. The Balaban J connectivity index is 0. The van der Waals surface area contributed by atoms with E-state index in [9.17, 15) is 9.18 Å². The number of carbonyl (C=O) groups is 1. The quantitative estimate of drug-likeness (QED) is 0.378. The van der Waals surface area contributed by atoms with Crippen molar-refractivity contribution in [2.45, 2.75) is 66.2 Å². The normalized spacial score (nSPS) is 10.1. The van der Waals surface area contributed by atoms with Crippen LogP contribution in [0.25, 0.3) is 0 Å². The van der Waals surface area contributed by atoms with Gasteiger partial charge < -0.3 is 4.74 Å². The highest BCUT2D eigenvalue weighted by Crippen LogP contribution is 2.38. The molecule has 0 aliphatic rings. The molecule has 0 unspecified atom stereocenters. The third-order valence-corrected chi connectivity index (χ3v) is 5.74. The van der Waals surface area contributed by atoms with Crippen LogP contribution in [0, 0.1) is 0 Å². The molecule has 0 aromatic heterocycles. The molecule has 0 spiro atoms. The van der Waals surface area contributed by atoms with E-state index in [0.29, 0.717) is 7.92 Å². The Morgan fingerprint density at radius 1 is 0.900 bits per heavy atom. The molecule has 0 amide bonds. The number of carbonyl (C=O) groups excluding carboxylic acids is 1. The van der Waals surface area contributed by atoms with Crippen LogP contribution in [0.5, 0.6) is 0 Å². The van der Waals surface area contributed by atoms with Gasteiger partial charge in [-0.25, -0.2) is 9.18 Å². The summed E-state index contributed by atoms with van der Waals surface area (Å²) < 4.78 is 15.3. The molecule has 2 nitrogen and oxygen atoms in total. The summed E-state index contributed by atoms with van der Waals surface area (Å²) >= 11 is 0. The number of rotatable bonds is 11. The molecule has 0 saturated heterocycles. The molecule has 0 N–H and O–H groups in total. The van der Waals surface area contributed by atoms with Gasteiger partial charge in [0.1, 0.15) is 0 Å². The summed E-state index contributed by atoms with van der Waals surface area (Å²) in [4.78, 5) is 9.81. The molecule has 0 aromatic rings. The summed E-state index contributed by atoms with van der Waals surface area (Å²) in [6.45, 7) is 7.80. The lowest BCUT2D eigenvalue weighted by atomic mass is 10.4. The van der Waals surface area contributed by atoms with Gasteiger partial charge in [0.05, 0.1) is 6.61 Å². The van der Waals surface area contributed by atoms with Crippen LogP contribution in [-0.2, 0) is 9.53 Å². The highest BCUT2D eigenvalue weighted by Gasteiger charge is 2.05. The van der Waals surface area contributed by atoms with Crippen molar-refractivity contribution >= 4 is 13.9 Å². The molecular formula is C16H34FO2P. The minimum absolute atomic E-state index is 0.253. The molecular weight excluding hydrogens is 274 g/mol. The first-order chi connectivity index (χ1) is 9.65. The standard InChI is InChI=1S/C12H27P.C4H7FO2/c1-4-7-10-13(11-8-5-2)12-9-6-3;1-2-7-4(6)3-5/h4-12H2,1-3H3;2-3H2,1H3. The highest BCUT2D eigenvalue weighted by molar-refractivity contribution is 7.57. The zero-order chi connectivity index (χ0) is 15.6. The summed E-state index contributed by atoms with van der Waals surface area (Å²) in [5.74, 6) is -0.789. The fraction of sp³-hybridized carbons (Fsp3) is 0.938. The van der Waals surface area contributed by atoms with E-state index in [1.165, 1.54) is 38.5 Å². The van der Waals surface area contributed by atoms with Crippen molar-refractivity contribution in [3.8, 4) is 0 Å². The molecule has 122 valence electrons. The Kier molecular flexibility index (Phi) is 20.8. The molecule has 0 aromatic carbocycles. The van der Waals surface area contributed by atoms with Gasteiger partial charge in [-0.1, -0.05) is 40.0 Å². The summed E-state index contributed by atoms with van der Waals surface area (Å²) in [7, 11) is 0.422. The van der Waals surface area contributed by atoms with E-state index in [0.717, 1.165) is 0 Å². The molecule has 0 atom stereocenters. The lowest BCUT2D eigenvalue weighted by Gasteiger charge is -2.16. The van der Waals surface area contributed by atoms with Gasteiger partial charge in [-0.05, 0) is 44.7 Å². The average Bonchev–Trinajstić information content (AvgIpc) is 2.47. The van der Waals surface area contributed by atoms with Crippen LogP contribution in [0.4, 0.5) is 4.39 Å². The fourth-order valence-electron chi connectivity index (χ4n) is 1.68. The zero-order valence-electron chi connectivity index (χ0n) is 13.9. The fourth-order valence-corrected chi connectivity index (χ4v) is 4.64. The Labute approximate surface area is 126 Å². The molecule has 0 bridgehead atoms. The van der Waals surface area contributed by atoms with E-state index < -0.39 is 12.6 Å². The van der Waals surface area contributed by atoms with Crippen molar-refractivity contribution in [2.75, 3.05) is 31.8 Å². The van der Waals surface area contributed by atoms with Gasteiger partial charge in [0, 0.05) is 0 Å². The Morgan fingerprint density at radius 2 is 1.30 bits per heavy atom. The number of esters is 1. The van der Waals surface area contributed by atoms with Crippen LogP contribution in [0.1, 0.15) is 66.2 Å². The lowest BCUT2D eigenvalue weighted by Crippen LogP contribution is -2.04. The van der Waals surface area contributed by atoms with Crippen molar-refractivity contribution in [3.05, 3.63) is 0 Å². The number of alkyl halides is 1. The number of halogens is 1. The first kappa shape index (κ1) is 22.1. The van der Waals surface area contributed by atoms with Crippen LogP contribution in [0.15, 0.2) is 0 Å². The maximum absolute atomic E-state index is 11.1. The van der Waals surface area contributed by atoms with E-state index in [2.05, 4.69) is 25.5 Å². The van der Waals surface area contributed by atoms with Gasteiger partial charge in [-0.3, -0.25) is 0 Å². The van der Waals surface area contributed by atoms with Crippen LogP contribution in [0.3, 0.4) is 0 Å². The van der Waals surface area contributed by atoms with E-state index in [1.54, 1.807) is 25.4 Å². The van der Waals surface area contributed by atoms with Crippen LogP contribution in [0.2, 0.25) is 0 Å². The van der Waals surface area contributed by atoms with Gasteiger partial charge in [0.15, 0.2) is 6.67 Å². The molecule has 4 heteroatoms. The van der Waals surface area contributed by atoms with Crippen LogP contribution < -0.4 is 0 Å². The number of ether oxygens (including phenoxy) is 1. The summed E-state index contributed by atoms with van der Waals surface area (Å²) in [5, 5.41) is 0. The maximum Gasteiger partial charge on any atom is 0.337 e. The largest absolute Gasteiger partial charge is 0.464 e. The number of hydrogen-bond acceptors (Lipinski definition) is 2. The zero-order valence-corrected chi connectivity index (χ0v) is 14.8. The first-order valence-electron chi connectivity index (χ1n) is 8.09. The van der Waals surface area contributed by atoms with E-state index in [-0.39, 0.29) is 6.61 Å². The van der Waals surface area contributed by atoms with Crippen molar-refractivity contribution in [2.24, 2.45) is 0 Å². The van der Waals surface area contributed by atoms with Gasteiger partial charge in [0.25, 0.3) is 0 Å². The third kappa shape index (κ3) is 17.8. The van der Waals surface area contributed by atoms with Gasteiger partial charge in [-0.15, -0.1) is 7.92 Å². The molecule has 0 radical (unpaired) electrons. The third-order valence-electron chi connectivity index (χ3n) is 2.90. The Morgan fingerprint density at radius 3 is 1.50 bits per heavy atom. The second kappa shape index (κ2) is 18.8. The second-order valence-electron chi connectivity index (χ2n) is 4.84. The molecule has 0 aliphatic carbocycles. The Hall–Kier alpha value is -0.170.